The smallest absolute Gasteiger partial charge is 0.433 e. The molecule has 0 spiro atoms. The number of alkyl halides is 3. The van der Waals surface area contributed by atoms with E-state index < -0.39 is 17.8 Å². The van der Waals surface area contributed by atoms with E-state index in [1.165, 1.54) is 25.4 Å². The minimum absolute atomic E-state index is 0.0142. The molecular weight excluding hydrogens is 517 g/mol. The first kappa shape index (κ1) is 29.1. The third kappa shape index (κ3) is 8.04. The molecule has 0 saturated heterocycles. The van der Waals surface area contributed by atoms with Gasteiger partial charge in [0.25, 0.3) is 0 Å². The van der Waals surface area contributed by atoms with Gasteiger partial charge in [-0.15, -0.1) is 0 Å². The van der Waals surface area contributed by atoms with Crippen LogP contribution in [0.2, 0.25) is 0 Å². The van der Waals surface area contributed by atoms with E-state index in [9.17, 15) is 22.8 Å². The number of carbonyl (C=O) groups excluding carboxylic acids is 2. The van der Waals surface area contributed by atoms with Gasteiger partial charge in [-0.2, -0.15) is 13.2 Å². The Hall–Kier alpha value is -3.94. The predicted octanol–water partition coefficient (Wildman–Crippen LogP) is 7.19. The summed E-state index contributed by atoms with van der Waals surface area (Å²) in [6, 6.07) is 18.0. The minimum atomic E-state index is -4.44. The number of carbonyl (C=O) groups is 2. The lowest BCUT2D eigenvalue weighted by atomic mass is 9.88. The number of hydrogen-bond donors (Lipinski definition) is 0. The molecule has 1 heterocycles. The highest BCUT2D eigenvalue weighted by Gasteiger charge is 2.32. The molecule has 0 aliphatic heterocycles. The van der Waals surface area contributed by atoms with Crippen LogP contribution in [-0.2, 0) is 39.9 Å². The highest BCUT2D eigenvalue weighted by molar-refractivity contribution is 5.95. The van der Waals surface area contributed by atoms with Gasteiger partial charge in [-0.1, -0.05) is 61.7 Å². The highest BCUT2D eigenvalue weighted by atomic mass is 19.4. The summed E-state index contributed by atoms with van der Waals surface area (Å²) in [6.45, 7) is 0.405. The third-order valence-corrected chi connectivity index (χ3v) is 7.20. The summed E-state index contributed by atoms with van der Waals surface area (Å²) in [5, 5.41) is 0. The predicted molar refractivity (Wildman–Crippen MR) is 148 cm³/mol. The monoisotopic (exact) mass is 550 g/mol. The number of pyridine rings is 1. The van der Waals surface area contributed by atoms with Crippen molar-refractivity contribution < 1.29 is 27.5 Å². The molecular formula is C32H33F3N2O3. The van der Waals surface area contributed by atoms with Gasteiger partial charge in [0.15, 0.2) is 0 Å². The number of anilines is 1. The lowest BCUT2D eigenvalue weighted by Gasteiger charge is -2.30. The number of hydrogen-bond acceptors (Lipinski definition) is 4. The van der Waals surface area contributed by atoms with E-state index in [4.69, 9.17) is 0 Å². The molecule has 2 aromatic carbocycles. The Morgan fingerprint density at radius 1 is 0.950 bits per heavy atom. The second kappa shape index (κ2) is 13.4. The standard InChI is InChI=1S/C32H33F3N2O3/c1-40-30(38)19-17-24-6-5-9-28(20-24)37(31(39)27-7-3-2-4-8-27)22-26-14-11-23(12-15-26)10-13-25-16-18-29(36-21-25)32(33,34)35/h5-6,9,11-12,14-21,27H,2-4,7-8,10,13,22H2,1H3/b19-17+. The Kier molecular flexibility index (Phi) is 9.74. The van der Waals surface area contributed by atoms with Crippen molar-refractivity contribution in [2.24, 2.45) is 5.92 Å². The van der Waals surface area contributed by atoms with Crippen molar-refractivity contribution in [1.29, 1.82) is 0 Å². The Balaban J connectivity index is 1.47. The quantitative estimate of drug-likeness (QED) is 0.209. The largest absolute Gasteiger partial charge is 0.466 e. The number of benzene rings is 2. The van der Waals surface area contributed by atoms with Crippen molar-refractivity contribution in [3.8, 4) is 0 Å². The van der Waals surface area contributed by atoms with Crippen LogP contribution in [0.5, 0.6) is 0 Å². The van der Waals surface area contributed by atoms with Crippen LogP contribution in [0.15, 0.2) is 72.9 Å². The van der Waals surface area contributed by atoms with Crippen LogP contribution in [0.1, 0.15) is 60.1 Å². The molecule has 0 N–H and O–H groups in total. The van der Waals surface area contributed by atoms with Gasteiger partial charge in [0.1, 0.15) is 5.69 Å². The minimum Gasteiger partial charge on any atom is -0.466 e. The average Bonchev–Trinajstić information content (AvgIpc) is 2.98. The fraction of sp³-hybridized carbons (Fsp3) is 0.344. The number of esters is 1. The molecule has 1 fully saturated rings. The molecule has 1 aliphatic carbocycles. The van der Waals surface area contributed by atoms with Crippen LogP contribution < -0.4 is 4.90 Å². The number of rotatable bonds is 9. The summed E-state index contributed by atoms with van der Waals surface area (Å²) < 4.78 is 42.9. The maximum Gasteiger partial charge on any atom is 0.433 e. The van der Waals surface area contributed by atoms with Crippen LogP contribution in [-0.4, -0.2) is 24.0 Å². The highest BCUT2D eigenvalue weighted by Crippen LogP contribution is 2.30. The Morgan fingerprint density at radius 2 is 1.62 bits per heavy atom. The SMILES string of the molecule is COC(=O)/C=C/c1cccc(N(Cc2ccc(CCc3ccc(C(F)(F)F)nc3)cc2)C(=O)C2CCCCC2)c1. The molecule has 0 atom stereocenters. The van der Waals surface area contributed by atoms with Gasteiger partial charge in [0.2, 0.25) is 5.91 Å². The molecule has 40 heavy (non-hydrogen) atoms. The van der Waals surface area contributed by atoms with Crippen LogP contribution in [0.3, 0.4) is 0 Å². The zero-order valence-electron chi connectivity index (χ0n) is 22.5. The summed E-state index contributed by atoms with van der Waals surface area (Å²) in [5.74, 6) is -0.359. The van der Waals surface area contributed by atoms with Crippen molar-refractivity contribution in [1.82, 2.24) is 4.98 Å². The second-order valence-electron chi connectivity index (χ2n) is 10.1. The van der Waals surface area contributed by atoms with Gasteiger partial charge in [-0.05, 0) is 72.2 Å². The van der Waals surface area contributed by atoms with E-state index in [-0.39, 0.29) is 11.8 Å². The van der Waals surface area contributed by atoms with Gasteiger partial charge in [0.05, 0.1) is 13.7 Å². The fourth-order valence-electron chi connectivity index (χ4n) is 4.92. The molecule has 3 aromatic rings. The van der Waals surface area contributed by atoms with E-state index in [2.05, 4.69) is 9.72 Å². The van der Waals surface area contributed by atoms with Crippen molar-refractivity contribution in [2.75, 3.05) is 12.0 Å². The van der Waals surface area contributed by atoms with E-state index in [1.807, 2.05) is 53.4 Å². The zero-order valence-corrected chi connectivity index (χ0v) is 22.5. The van der Waals surface area contributed by atoms with E-state index in [1.54, 1.807) is 6.08 Å². The fourth-order valence-corrected chi connectivity index (χ4v) is 4.92. The first-order valence-corrected chi connectivity index (χ1v) is 13.5. The number of nitrogens with zero attached hydrogens (tertiary/aromatic N) is 2. The number of ether oxygens (including phenoxy) is 1. The summed E-state index contributed by atoms with van der Waals surface area (Å²) >= 11 is 0. The zero-order chi connectivity index (χ0) is 28.5. The molecule has 8 heteroatoms. The first-order valence-electron chi connectivity index (χ1n) is 13.5. The second-order valence-corrected chi connectivity index (χ2v) is 10.1. The van der Waals surface area contributed by atoms with Crippen LogP contribution >= 0.6 is 0 Å². The van der Waals surface area contributed by atoms with Crippen molar-refractivity contribution in [3.63, 3.8) is 0 Å². The molecule has 0 radical (unpaired) electrons. The Bertz CT molecular complexity index is 1310. The summed E-state index contributed by atoms with van der Waals surface area (Å²) in [6.07, 6.45) is 6.11. The molecule has 4 rings (SSSR count). The van der Waals surface area contributed by atoms with E-state index >= 15 is 0 Å². The first-order chi connectivity index (χ1) is 19.2. The summed E-state index contributed by atoms with van der Waals surface area (Å²) in [4.78, 5) is 30.6. The van der Waals surface area contributed by atoms with Crippen LogP contribution in [0, 0.1) is 5.92 Å². The van der Waals surface area contributed by atoms with Crippen LogP contribution in [0.4, 0.5) is 18.9 Å². The molecule has 1 aliphatic rings. The lowest BCUT2D eigenvalue weighted by molar-refractivity contribution is -0.141. The van der Waals surface area contributed by atoms with Gasteiger partial charge >= 0.3 is 12.1 Å². The van der Waals surface area contributed by atoms with Crippen molar-refractivity contribution in [3.05, 3.63) is 101 Å². The Labute approximate surface area is 232 Å². The van der Waals surface area contributed by atoms with Crippen LogP contribution in [0.25, 0.3) is 6.08 Å². The summed E-state index contributed by atoms with van der Waals surface area (Å²) in [5.41, 5.74) is 3.42. The molecule has 1 saturated carbocycles. The Morgan fingerprint density at radius 3 is 2.27 bits per heavy atom. The number of aromatic nitrogens is 1. The van der Waals surface area contributed by atoms with Gasteiger partial charge in [-0.25, -0.2) is 4.79 Å². The number of methoxy groups -OCH3 is 1. The molecule has 1 amide bonds. The number of aryl methyl sites for hydroxylation is 2. The summed E-state index contributed by atoms with van der Waals surface area (Å²) in [7, 11) is 1.32. The third-order valence-electron chi connectivity index (χ3n) is 7.20. The topological polar surface area (TPSA) is 59.5 Å². The average molecular weight is 551 g/mol. The van der Waals surface area contributed by atoms with E-state index in [0.717, 1.165) is 66.1 Å². The van der Waals surface area contributed by atoms with Gasteiger partial charge < -0.3 is 9.64 Å². The molecule has 1 aromatic heterocycles. The van der Waals surface area contributed by atoms with Gasteiger partial charge in [0, 0.05) is 23.9 Å². The van der Waals surface area contributed by atoms with Crippen molar-refractivity contribution in [2.45, 2.75) is 57.7 Å². The molecule has 0 bridgehead atoms. The van der Waals surface area contributed by atoms with E-state index in [0.29, 0.717) is 19.4 Å². The van der Waals surface area contributed by atoms with Crippen molar-refractivity contribution >= 4 is 23.6 Å². The number of amides is 1. The molecule has 5 nitrogen and oxygen atoms in total. The maximum atomic E-state index is 13.7. The number of halogens is 3. The lowest BCUT2D eigenvalue weighted by Crippen LogP contribution is -2.36. The maximum absolute atomic E-state index is 13.7. The molecule has 0 unspecified atom stereocenters. The molecule has 210 valence electrons. The normalized spacial score (nSPS) is 14.3. The van der Waals surface area contributed by atoms with Gasteiger partial charge in [-0.3, -0.25) is 9.78 Å².